The third-order valence-electron chi connectivity index (χ3n) is 1.38. The van der Waals surface area contributed by atoms with Crippen LogP contribution in [0.4, 0.5) is 0 Å². The maximum absolute atomic E-state index is 10.8. The van der Waals surface area contributed by atoms with Gasteiger partial charge in [0.15, 0.2) is 0 Å². The molecule has 68 valence electrons. The van der Waals surface area contributed by atoms with Crippen LogP contribution in [-0.4, -0.2) is 13.4 Å². The summed E-state index contributed by atoms with van der Waals surface area (Å²) in [5.41, 5.74) is 0.593. The van der Waals surface area contributed by atoms with E-state index in [1.165, 1.54) is 18.3 Å². The van der Waals surface area contributed by atoms with Crippen molar-refractivity contribution in [1.29, 1.82) is 0 Å². The van der Waals surface area contributed by atoms with Gasteiger partial charge in [-0.1, -0.05) is 4.85 Å². The van der Waals surface area contributed by atoms with Gasteiger partial charge < -0.3 is 0 Å². The van der Waals surface area contributed by atoms with E-state index in [-0.39, 0.29) is 11.4 Å². The van der Waals surface area contributed by atoms with E-state index in [1.54, 1.807) is 0 Å². The van der Waals surface area contributed by atoms with Crippen LogP contribution < -0.4 is 5.14 Å². The highest BCUT2D eigenvalue weighted by atomic mass is 32.2. The monoisotopic (exact) mass is 198 g/mol. The molecule has 2 N–H and O–H groups in total. The minimum Gasteiger partial charge on any atom is -0.252 e. The maximum Gasteiger partial charge on any atom is 0.304 e. The lowest BCUT2D eigenvalue weighted by Gasteiger charge is -1.95. The van der Waals surface area contributed by atoms with Gasteiger partial charge in [0.25, 0.3) is 6.57 Å². The molecule has 0 aliphatic heterocycles. The van der Waals surface area contributed by atoms with Gasteiger partial charge in [-0.25, -0.2) is 13.6 Å². The first kappa shape index (κ1) is 9.64. The van der Waals surface area contributed by atoms with Crippen LogP contribution in [0.1, 0.15) is 5.69 Å². The molecule has 5 nitrogen and oxygen atoms in total. The summed E-state index contributed by atoms with van der Waals surface area (Å²) in [4.78, 5) is 7.14. The molecule has 0 saturated carbocycles. The molecule has 1 aromatic rings. The Hall–Kier alpha value is -1.45. The summed E-state index contributed by atoms with van der Waals surface area (Å²) < 4.78 is 21.6. The highest BCUT2D eigenvalue weighted by molar-refractivity contribution is 7.89. The third kappa shape index (κ3) is 2.50. The Kier molecular flexibility index (Phi) is 2.60. The lowest BCUT2D eigenvalue weighted by atomic mass is 10.3. The van der Waals surface area contributed by atoms with E-state index in [4.69, 9.17) is 11.7 Å². The molecular weight excluding hydrogens is 190 g/mol. The quantitative estimate of drug-likeness (QED) is 0.737. The van der Waals surface area contributed by atoms with Crippen LogP contribution in [0.15, 0.2) is 23.2 Å². The minimum atomic E-state index is -3.66. The molecule has 1 heterocycles. The number of aromatic nitrogens is 1. The molecule has 0 unspecified atom stereocenters. The van der Waals surface area contributed by atoms with Crippen molar-refractivity contribution in [1.82, 2.24) is 4.98 Å². The van der Waals surface area contributed by atoms with Gasteiger partial charge in [-0.15, -0.1) is 0 Å². The zero-order valence-corrected chi connectivity index (χ0v) is 7.53. The van der Waals surface area contributed by atoms with Crippen LogP contribution in [0.3, 0.4) is 0 Å². The molecule has 0 fully saturated rings. The molecule has 0 radical (unpaired) electrons. The van der Waals surface area contributed by atoms with Gasteiger partial charge in [0.1, 0.15) is 10.6 Å². The van der Waals surface area contributed by atoms with Gasteiger partial charge in [-0.05, 0) is 12.1 Å². The number of nitrogens with two attached hydrogens (primary N) is 1. The van der Waals surface area contributed by atoms with E-state index in [9.17, 15) is 8.42 Å². The number of sulfonamides is 1. The SMILES string of the molecule is C#[N+]Cc1ccc(S(N)(=O)=O)cn1. The molecule has 6 heteroatoms. The summed E-state index contributed by atoms with van der Waals surface area (Å²) in [5, 5.41) is 4.86. The van der Waals surface area contributed by atoms with Crippen molar-refractivity contribution in [3.05, 3.63) is 28.9 Å². The molecule has 0 saturated heterocycles. The molecule has 0 aliphatic rings. The zero-order chi connectivity index (χ0) is 9.90. The predicted molar refractivity (Wildman–Crippen MR) is 47.6 cm³/mol. The van der Waals surface area contributed by atoms with Gasteiger partial charge in [-0.3, -0.25) is 4.98 Å². The summed E-state index contributed by atoms with van der Waals surface area (Å²) in [6.45, 7) is 5.18. The lowest BCUT2D eigenvalue weighted by Crippen LogP contribution is -2.12. The lowest BCUT2D eigenvalue weighted by molar-refractivity contribution is 0.597. The largest absolute Gasteiger partial charge is 0.304 e. The van der Waals surface area contributed by atoms with Crippen LogP contribution in [0, 0.1) is 6.57 Å². The number of rotatable bonds is 2. The van der Waals surface area contributed by atoms with Crippen molar-refractivity contribution in [2.24, 2.45) is 5.14 Å². The highest BCUT2D eigenvalue weighted by Gasteiger charge is 2.08. The van der Waals surface area contributed by atoms with Crippen LogP contribution >= 0.6 is 0 Å². The van der Waals surface area contributed by atoms with E-state index in [0.717, 1.165) is 0 Å². The molecular formula is C7H8N3O2S+. The summed E-state index contributed by atoms with van der Waals surface area (Å²) in [5.74, 6) is 0. The number of pyridine rings is 1. The van der Waals surface area contributed by atoms with Gasteiger partial charge in [0, 0.05) is 6.20 Å². The fraction of sp³-hybridized carbons (Fsp3) is 0.143. The van der Waals surface area contributed by atoms with E-state index in [2.05, 4.69) is 9.83 Å². The zero-order valence-electron chi connectivity index (χ0n) is 6.71. The number of nitrogens with zero attached hydrogens (tertiary/aromatic N) is 2. The van der Waals surface area contributed by atoms with Gasteiger partial charge in [-0.2, -0.15) is 0 Å². The van der Waals surface area contributed by atoms with Crippen molar-refractivity contribution in [2.45, 2.75) is 11.4 Å². The molecule has 0 aromatic carbocycles. The Morgan fingerprint density at radius 2 is 2.23 bits per heavy atom. The summed E-state index contributed by atoms with van der Waals surface area (Å²) >= 11 is 0. The van der Waals surface area contributed by atoms with Crippen molar-refractivity contribution >= 4 is 10.0 Å². The second-order valence-electron chi connectivity index (χ2n) is 2.37. The Labute approximate surface area is 76.1 Å². The number of hydrogen-bond acceptors (Lipinski definition) is 3. The summed E-state index contributed by atoms with van der Waals surface area (Å²) in [7, 11) is -3.66. The Morgan fingerprint density at radius 3 is 2.62 bits per heavy atom. The number of primary sulfonamides is 1. The fourth-order valence-corrected chi connectivity index (χ4v) is 1.22. The van der Waals surface area contributed by atoms with Gasteiger partial charge >= 0.3 is 6.54 Å². The fourth-order valence-electron chi connectivity index (χ4n) is 0.766. The van der Waals surface area contributed by atoms with Crippen LogP contribution in [0.2, 0.25) is 0 Å². The van der Waals surface area contributed by atoms with Crippen molar-refractivity contribution in [2.75, 3.05) is 0 Å². The molecule has 0 spiro atoms. The Bertz CT molecular complexity index is 430. The van der Waals surface area contributed by atoms with Crippen molar-refractivity contribution in [3.8, 4) is 6.57 Å². The first-order chi connectivity index (χ1) is 6.04. The van der Waals surface area contributed by atoms with Gasteiger partial charge in [0.05, 0.1) is 0 Å². The molecule has 0 amide bonds. The van der Waals surface area contributed by atoms with Crippen LogP contribution in [-0.2, 0) is 16.6 Å². The predicted octanol–water partition coefficient (Wildman–Crippen LogP) is 0.192. The minimum absolute atomic E-state index is 0.0201. The molecule has 0 bridgehead atoms. The van der Waals surface area contributed by atoms with E-state index >= 15 is 0 Å². The third-order valence-corrected chi connectivity index (χ3v) is 2.28. The topological polar surface area (TPSA) is 77.4 Å². The van der Waals surface area contributed by atoms with Crippen LogP contribution in [0.5, 0.6) is 0 Å². The van der Waals surface area contributed by atoms with E-state index in [0.29, 0.717) is 5.69 Å². The number of hydrogen-bond donors (Lipinski definition) is 1. The smallest absolute Gasteiger partial charge is 0.252 e. The van der Waals surface area contributed by atoms with Crippen LogP contribution in [0.25, 0.3) is 4.85 Å². The Balaban J connectivity index is 3.03. The second-order valence-corrected chi connectivity index (χ2v) is 3.93. The van der Waals surface area contributed by atoms with E-state index in [1.807, 2.05) is 0 Å². The molecule has 0 aliphatic carbocycles. The second kappa shape index (κ2) is 3.51. The van der Waals surface area contributed by atoms with Crippen molar-refractivity contribution in [3.63, 3.8) is 0 Å². The van der Waals surface area contributed by atoms with E-state index < -0.39 is 10.0 Å². The van der Waals surface area contributed by atoms with Crippen molar-refractivity contribution < 1.29 is 8.42 Å². The van der Waals surface area contributed by atoms with Gasteiger partial charge in [0.2, 0.25) is 10.0 Å². The molecule has 13 heavy (non-hydrogen) atoms. The Morgan fingerprint density at radius 1 is 1.54 bits per heavy atom. The average Bonchev–Trinajstić information content (AvgIpc) is 2.04. The first-order valence-corrected chi connectivity index (χ1v) is 4.93. The standard InChI is InChI=1S/C7H8N3O2S/c1-9-4-6-2-3-7(5-10-6)13(8,11)12/h1-3,5H,4H2,(H2,8,11,12)/q+1. The molecule has 0 atom stereocenters. The molecule has 1 rings (SSSR count). The average molecular weight is 198 g/mol. The maximum atomic E-state index is 10.8. The summed E-state index contributed by atoms with van der Waals surface area (Å²) in [6, 6.07) is 2.87. The summed E-state index contributed by atoms with van der Waals surface area (Å²) in [6.07, 6.45) is 1.18. The first-order valence-electron chi connectivity index (χ1n) is 3.38. The normalized spacial score (nSPS) is 10.8. The molecule has 1 aromatic heterocycles. The highest BCUT2D eigenvalue weighted by Crippen LogP contribution is 2.05.